The quantitative estimate of drug-likeness (QED) is 0.893. The highest BCUT2D eigenvalue weighted by Gasteiger charge is 2.23. The van der Waals surface area contributed by atoms with E-state index in [9.17, 15) is 5.11 Å². The lowest BCUT2D eigenvalue weighted by Crippen LogP contribution is -2.47. The van der Waals surface area contributed by atoms with E-state index in [1.165, 1.54) is 0 Å². The van der Waals surface area contributed by atoms with Gasteiger partial charge in [-0.3, -0.25) is 0 Å². The Kier molecular flexibility index (Phi) is 3.61. The summed E-state index contributed by atoms with van der Waals surface area (Å²) in [4.78, 5) is 4.48. The van der Waals surface area contributed by atoms with Crippen molar-refractivity contribution in [1.29, 1.82) is 0 Å². The molecule has 0 aliphatic carbocycles. The summed E-state index contributed by atoms with van der Waals surface area (Å²) in [5.74, 6) is 0. The van der Waals surface area contributed by atoms with Crippen molar-refractivity contribution in [1.82, 2.24) is 14.7 Å². The van der Waals surface area contributed by atoms with E-state index >= 15 is 0 Å². The standard InChI is InChI=1S/C13H18ClN3O/c1-9(18)13(2,3)15-6-11-8-17-7-10(14)4-5-12(17)16-11/h4-5,7-9,15,18H,6H2,1-3H3. The van der Waals surface area contributed by atoms with Gasteiger partial charge < -0.3 is 14.8 Å². The van der Waals surface area contributed by atoms with Crippen molar-refractivity contribution >= 4 is 17.2 Å². The second kappa shape index (κ2) is 4.88. The Morgan fingerprint density at radius 2 is 2.17 bits per heavy atom. The first kappa shape index (κ1) is 13.3. The van der Waals surface area contributed by atoms with Gasteiger partial charge in [0.2, 0.25) is 0 Å². The molecule has 0 saturated heterocycles. The number of hydrogen-bond acceptors (Lipinski definition) is 3. The van der Waals surface area contributed by atoms with Gasteiger partial charge >= 0.3 is 0 Å². The minimum absolute atomic E-state index is 0.340. The number of pyridine rings is 1. The zero-order chi connectivity index (χ0) is 13.3. The number of aliphatic hydroxyl groups excluding tert-OH is 1. The number of rotatable bonds is 4. The van der Waals surface area contributed by atoms with E-state index in [-0.39, 0.29) is 5.54 Å². The molecule has 4 nitrogen and oxygen atoms in total. The van der Waals surface area contributed by atoms with Gasteiger partial charge in [-0.25, -0.2) is 4.98 Å². The second-order valence-corrected chi connectivity index (χ2v) is 5.53. The largest absolute Gasteiger partial charge is 0.392 e. The molecule has 0 bridgehead atoms. The van der Waals surface area contributed by atoms with Crippen LogP contribution in [-0.2, 0) is 6.54 Å². The van der Waals surface area contributed by atoms with Crippen LogP contribution in [0.25, 0.3) is 5.65 Å². The summed E-state index contributed by atoms with van der Waals surface area (Å²) in [5.41, 5.74) is 1.45. The fourth-order valence-electron chi connectivity index (χ4n) is 1.57. The van der Waals surface area contributed by atoms with E-state index < -0.39 is 6.10 Å². The zero-order valence-electron chi connectivity index (χ0n) is 10.8. The summed E-state index contributed by atoms with van der Waals surface area (Å²) in [6.45, 7) is 6.31. The van der Waals surface area contributed by atoms with Gasteiger partial charge in [0.25, 0.3) is 0 Å². The monoisotopic (exact) mass is 267 g/mol. The minimum Gasteiger partial charge on any atom is -0.392 e. The van der Waals surface area contributed by atoms with E-state index in [0.29, 0.717) is 11.6 Å². The Morgan fingerprint density at radius 3 is 2.83 bits per heavy atom. The van der Waals surface area contributed by atoms with Gasteiger partial charge in [0, 0.05) is 24.5 Å². The third-order valence-electron chi connectivity index (χ3n) is 3.23. The molecule has 18 heavy (non-hydrogen) atoms. The Hall–Kier alpha value is -1.10. The first-order valence-electron chi connectivity index (χ1n) is 5.95. The number of hydrogen-bond donors (Lipinski definition) is 2. The highest BCUT2D eigenvalue weighted by Crippen LogP contribution is 2.13. The normalized spacial score (nSPS) is 14.1. The molecule has 2 N–H and O–H groups in total. The number of fused-ring (bicyclic) bond motifs is 1. The molecule has 1 unspecified atom stereocenters. The summed E-state index contributed by atoms with van der Waals surface area (Å²) < 4.78 is 1.90. The van der Waals surface area contributed by atoms with Gasteiger partial charge in [0.05, 0.1) is 16.8 Å². The van der Waals surface area contributed by atoms with Crippen molar-refractivity contribution in [2.24, 2.45) is 0 Å². The maximum absolute atomic E-state index is 9.63. The van der Waals surface area contributed by atoms with Crippen molar-refractivity contribution in [3.05, 3.63) is 35.2 Å². The number of nitrogens with zero attached hydrogens (tertiary/aromatic N) is 2. The second-order valence-electron chi connectivity index (χ2n) is 5.10. The van der Waals surface area contributed by atoms with Crippen molar-refractivity contribution in [2.75, 3.05) is 0 Å². The van der Waals surface area contributed by atoms with E-state index in [0.717, 1.165) is 11.3 Å². The molecule has 0 saturated carbocycles. The number of imidazole rings is 1. The van der Waals surface area contributed by atoms with Crippen LogP contribution in [0.15, 0.2) is 24.5 Å². The summed E-state index contributed by atoms with van der Waals surface area (Å²) in [7, 11) is 0. The van der Waals surface area contributed by atoms with Gasteiger partial charge in [-0.1, -0.05) is 11.6 Å². The fraction of sp³-hybridized carbons (Fsp3) is 0.462. The summed E-state index contributed by atoms with van der Waals surface area (Å²) in [5, 5.41) is 13.6. The Balaban J connectivity index is 2.13. The van der Waals surface area contributed by atoms with Crippen molar-refractivity contribution < 1.29 is 5.11 Å². The Morgan fingerprint density at radius 1 is 1.44 bits per heavy atom. The number of aromatic nitrogens is 2. The molecule has 98 valence electrons. The maximum atomic E-state index is 9.63. The van der Waals surface area contributed by atoms with Gasteiger partial charge in [-0.15, -0.1) is 0 Å². The predicted octanol–water partition coefficient (Wildman–Crippen LogP) is 2.24. The van der Waals surface area contributed by atoms with Crippen molar-refractivity contribution in [2.45, 2.75) is 39.0 Å². The lowest BCUT2D eigenvalue weighted by Gasteiger charge is -2.29. The summed E-state index contributed by atoms with van der Waals surface area (Å²) in [6, 6.07) is 3.70. The van der Waals surface area contributed by atoms with E-state index in [4.69, 9.17) is 11.6 Å². The molecule has 2 heterocycles. The Labute approximate surface area is 112 Å². The first-order valence-corrected chi connectivity index (χ1v) is 6.32. The fourth-order valence-corrected chi connectivity index (χ4v) is 1.74. The third-order valence-corrected chi connectivity index (χ3v) is 3.46. The molecule has 0 fully saturated rings. The lowest BCUT2D eigenvalue weighted by atomic mass is 9.99. The number of nitrogens with one attached hydrogen (secondary N) is 1. The van der Waals surface area contributed by atoms with Crippen LogP contribution in [0.4, 0.5) is 0 Å². The maximum Gasteiger partial charge on any atom is 0.137 e. The first-order chi connectivity index (χ1) is 8.38. The zero-order valence-corrected chi connectivity index (χ0v) is 11.6. The van der Waals surface area contributed by atoms with Gasteiger partial charge in [-0.05, 0) is 32.9 Å². The molecular weight excluding hydrogens is 250 g/mol. The molecule has 2 rings (SSSR count). The molecule has 1 atom stereocenters. The van der Waals surface area contributed by atoms with Crippen LogP contribution >= 0.6 is 11.6 Å². The average Bonchev–Trinajstić information content (AvgIpc) is 2.68. The van der Waals surface area contributed by atoms with Crippen LogP contribution in [0.2, 0.25) is 5.02 Å². The topological polar surface area (TPSA) is 49.6 Å². The van der Waals surface area contributed by atoms with E-state index in [1.54, 1.807) is 6.92 Å². The number of halogens is 1. The van der Waals surface area contributed by atoms with Gasteiger partial charge in [0.1, 0.15) is 5.65 Å². The highest BCUT2D eigenvalue weighted by atomic mass is 35.5. The van der Waals surface area contributed by atoms with Crippen LogP contribution < -0.4 is 5.32 Å². The molecule has 0 amide bonds. The van der Waals surface area contributed by atoms with Gasteiger partial charge in [-0.2, -0.15) is 0 Å². The third kappa shape index (κ3) is 2.83. The molecule has 2 aromatic heterocycles. The van der Waals surface area contributed by atoms with Crippen molar-refractivity contribution in [3.8, 4) is 0 Å². The summed E-state index contributed by atoms with van der Waals surface area (Å²) >= 11 is 5.92. The van der Waals surface area contributed by atoms with E-state index in [1.807, 2.05) is 42.8 Å². The van der Waals surface area contributed by atoms with Crippen LogP contribution in [0, 0.1) is 0 Å². The predicted molar refractivity (Wildman–Crippen MR) is 72.8 cm³/mol. The number of aliphatic hydroxyl groups is 1. The Bertz CT molecular complexity index is 548. The average molecular weight is 268 g/mol. The highest BCUT2D eigenvalue weighted by molar-refractivity contribution is 6.30. The molecule has 0 aromatic carbocycles. The molecule has 2 aromatic rings. The molecule has 0 spiro atoms. The lowest BCUT2D eigenvalue weighted by molar-refractivity contribution is 0.0954. The van der Waals surface area contributed by atoms with E-state index in [2.05, 4.69) is 10.3 Å². The molecule has 5 heteroatoms. The molecule has 0 aliphatic heterocycles. The van der Waals surface area contributed by atoms with Crippen LogP contribution in [0.3, 0.4) is 0 Å². The van der Waals surface area contributed by atoms with Gasteiger partial charge in [0.15, 0.2) is 0 Å². The van der Waals surface area contributed by atoms with Crippen LogP contribution in [0.5, 0.6) is 0 Å². The van der Waals surface area contributed by atoms with Crippen molar-refractivity contribution in [3.63, 3.8) is 0 Å². The molecular formula is C13H18ClN3O. The molecule has 0 radical (unpaired) electrons. The van der Waals surface area contributed by atoms with Crippen LogP contribution in [0.1, 0.15) is 26.5 Å². The van der Waals surface area contributed by atoms with Crippen LogP contribution in [-0.4, -0.2) is 26.1 Å². The summed E-state index contributed by atoms with van der Waals surface area (Å²) in [6.07, 6.45) is 3.34. The smallest absolute Gasteiger partial charge is 0.137 e. The minimum atomic E-state index is -0.427. The SMILES string of the molecule is CC(O)C(C)(C)NCc1cn2cc(Cl)ccc2n1. The molecule has 0 aliphatic rings.